The molecule has 0 fully saturated rings. The van der Waals surface area contributed by atoms with Crippen molar-refractivity contribution in [3.8, 4) is 0 Å². The van der Waals surface area contributed by atoms with E-state index < -0.39 is 0 Å². The second kappa shape index (κ2) is 4.05. The SMILES string of the molecule is CC(=O)Nc1c(C=O)ccc(C)c1C. The Labute approximate surface area is 83.1 Å². The van der Waals surface area contributed by atoms with Crippen molar-refractivity contribution in [3.05, 3.63) is 28.8 Å². The van der Waals surface area contributed by atoms with Crippen LogP contribution in [0.15, 0.2) is 12.1 Å². The van der Waals surface area contributed by atoms with Crippen molar-refractivity contribution in [1.82, 2.24) is 0 Å². The number of rotatable bonds is 2. The molecule has 74 valence electrons. The van der Waals surface area contributed by atoms with Crippen molar-refractivity contribution in [2.45, 2.75) is 20.8 Å². The van der Waals surface area contributed by atoms with Crippen molar-refractivity contribution in [3.63, 3.8) is 0 Å². The first-order valence-corrected chi connectivity index (χ1v) is 4.39. The van der Waals surface area contributed by atoms with Gasteiger partial charge in [-0.1, -0.05) is 6.07 Å². The van der Waals surface area contributed by atoms with Gasteiger partial charge in [0.25, 0.3) is 0 Å². The number of hydrogen-bond acceptors (Lipinski definition) is 2. The number of nitrogens with one attached hydrogen (secondary N) is 1. The normalized spacial score (nSPS) is 9.64. The van der Waals surface area contributed by atoms with Crippen molar-refractivity contribution in [2.75, 3.05) is 5.32 Å². The number of benzene rings is 1. The highest BCUT2D eigenvalue weighted by Gasteiger charge is 2.08. The third-order valence-corrected chi connectivity index (χ3v) is 2.20. The Morgan fingerprint density at radius 3 is 2.50 bits per heavy atom. The minimum Gasteiger partial charge on any atom is -0.325 e. The number of aldehydes is 1. The second-order valence-corrected chi connectivity index (χ2v) is 3.27. The lowest BCUT2D eigenvalue weighted by molar-refractivity contribution is -0.114. The molecule has 0 saturated carbocycles. The van der Waals surface area contributed by atoms with Gasteiger partial charge >= 0.3 is 0 Å². The fraction of sp³-hybridized carbons (Fsp3) is 0.273. The number of carbonyl (C=O) groups is 2. The number of amides is 1. The van der Waals surface area contributed by atoms with Crippen LogP contribution in [0.3, 0.4) is 0 Å². The average molecular weight is 191 g/mol. The van der Waals surface area contributed by atoms with Crippen LogP contribution in [0.2, 0.25) is 0 Å². The molecule has 0 unspecified atom stereocenters. The van der Waals surface area contributed by atoms with Crippen LogP contribution >= 0.6 is 0 Å². The summed E-state index contributed by atoms with van der Waals surface area (Å²) in [5.74, 6) is -0.165. The number of carbonyl (C=O) groups excluding carboxylic acids is 2. The van der Waals surface area contributed by atoms with Gasteiger partial charge in [-0.15, -0.1) is 0 Å². The highest BCUT2D eigenvalue weighted by Crippen LogP contribution is 2.22. The average Bonchev–Trinajstić information content (AvgIpc) is 2.13. The summed E-state index contributed by atoms with van der Waals surface area (Å²) in [7, 11) is 0. The van der Waals surface area contributed by atoms with Gasteiger partial charge in [0, 0.05) is 12.5 Å². The molecule has 0 aliphatic rings. The van der Waals surface area contributed by atoms with E-state index in [1.165, 1.54) is 6.92 Å². The van der Waals surface area contributed by atoms with Crippen LogP contribution in [0.4, 0.5) is 5.69 Å². The van der Waals surface area contributed by atoms with Gasteiger partial charge in [-0.05, 0) is 31.0 Å². The summed E-state index contributed by atoms with van der Waals surface area (Å²) in [6.45, 7) is 5.25. The minimum absolute atomic E-state index is 0.165. The van der Waals surface area contributed by atoms with Gasteiger partial charge in [0.2, 0.25) is 5.91 Å². The molecular weight excluding hydrogens is 178 g/mol. The topological polar surface area (TPSA) is 46.2 Å². The van der Waals surface area contributed by atoms with Crippen LogP contribution in [0.1, 0.15) is 28.4 Å². The van der Waals surface area contributed by atoms with Crippen LogP contribution in [0.5, 0.6) is 0 Å². The van der Waals surface area contributed by atoms with Gasteiger partial charge in [0.1, 0.15) is 0 Å². The van der Waals surface area contributed by atoms with E-state index in [0.29, 0.717) is 11.3 Å². The fourth-order valence-electron chi connectivity index (χ4n) is 1.28. The lowest BCUT2D eigenvalue weighted by Crippen LogP contribution is -2.10. The predicted octanol–water partition coefficient (Wildman–Crippen LogP) is 2.07. The van der Waals surface area contributed by atoms with E-state index in [4.69, 9.17) is 0 Å². The molecule has 0 aliphatic carbocycles. The zero-order valence-electron chi connectivity index (χ0n) is 8.55. The van der Waals surface area contributed by atoms with Gasteiger partial charge in [-0.3, -0.25) is 9.59 Å². The molecule has 0 heterocycles. The third kappa shape index (κ3) is 1.99. The molecule has 0 bridgehead atoms. The maximum atomic E-state index is 10.9. The summed E-state index contributed by atoms with van der Waals surface area (Å²) in [6.07, 6.45) is 0.748. The summed E-state index contributed by atoms with van der Waals surface area (Å²) in [6, 6.07) is 3.57. The van der Waals surface area contributed by atoms with Crippen molar-refractivity contribution < 1.29 is 9.59 Å². The first-order valence-electron chi connectivity index (χ1n) is 4.39. The quantitative estimate of drug-likeness (QED) is 0.727. The Balaban J connectivity index is 3.27. The van der Waals surface area contributed by atoms with E-state index in [0.717, 1.165) is 17.4 Å². The largest absolute Gasteiger partial charge is 0.325 e. The molecule has 0 radical (unpaired) electrons. The highest BCUT2D eigenvalue weighted by molar-refractivity contribution is 5.96. The lowest BCUT2D eigenvalue weighted by Gasteiger charge is -2.11. The molecule has 0 aromatic heterocycles. The minimum atomic E-state index is -0.165. The summed E-state index contributed by atoms with van der Waals surface area (Å²) >= 11 is 0. The molecule has 1 N–H and O–H groups in total. The molecular formula is C11H13NO2. The molecule has 1 aromatic carbocycles. The monoisotopic (exact) mass is 191 g/mol. The summed E-state index contributed by atoms with van der Waals surface area (Å²) in [5.41, 5.74) is 3.12. The zero-order valence-corrected chi connectivity index (χ0v) is 8.55. The Morgan fingerprint density at radius 2 is 2.00 bits per heavy atom. The van der Waals surface area contributed by atoms with Crippen LogP contribution in [0.25, 0.3) is 0 Å². The molecule has 1 aromatic rings. The van der Waals surface area contributed by atoms with Gasteiger partial charge < -0.3 is 5.32 Å². The van der Waals surface area contributed by atoms with Gasteiger partial charge in [-0.2, -0.15) is 0 Å². The molecule has 0 saturated heterocycles. The number of anilines is 1. The van der Waals surface area contributed by atoms with E-state index in [2.05, 4.69) is 5.32 Å². The van der Waals surface area contributed by atoms with Crippen molar-refractivity contribution in [1.29, 1.82) is 0 Å². The van der Waals surface area contributed by atoms with E-state index in [-0.39, 0.29) is 5.91 Å². The number of hydrogen-bond donors (Lipinski definition) is 1. The molecule has 1 rings (SSSR count). The van der Waals surface area contributed by atoms with E-state index in [1.54, 1.807) is 6.07 Å². The van der Waals surface area contributed by atoms with E-state index in [1.807, 2.05) is 19.9 Å². The molecule has 3 heteroatoms. The van der Waals surface area contributed by atoms with Crippen molar-refractivity contribution in [2.24, 2.45) is 0 Å². The molecule has 14 heavy (non-hydrogen) atoms. The molecule has 3 nitrogen and oxygen atoms in total. The van der Waals surface area contributed by atoms with Crippen molar-refractivity contribution >= 4 is 17.9 Å². The van der Waals surface area contributed by atoms with Gasteiger partial charge in [-0.25, -0.2) is 0 Å². The number of aryl methyl sites for hydroxylation is 1. The Hall–Kier alpha value is -1.64. The van der Waals surface area contributed by atoms with Crippen LogP contribution < -0.4 is 5.32 Å². The second-order valence-electron chi connectivity index (χ2n) is 3.27. The first kappa shape index (κ1) is 10.4. The summed E-state index contributed by atoms with van der Waals surface area (Å²) < 4.78 is 0. The Morgan fingerprint density at radius 1 is 1.36 bits per heavy atom. The van der Waals surface area contributed by atoms with Crippen LogP contribution in [-0.2, 0) is 4.79 Å². The summed E-state index contributed by atoms with van der Waals surface area (Å²) in [4.78, 5) is 21.6. The Bertz CT molecular complexity index is 383. The smallest absolute Gasteiger partial charge is 0.221 e. The van der Waals surface area contributed by atoms with E-state index >= 15 is 0 Å². The standard InChI is InChI=1S/C11H13NO2/c1-7-4-5-10(6-13)11(8(7)2)12-9(3)14/h4-6H,1-3H3,(H,12,14). The maximum Gasteiger partial charge on any atom is 0.221 e. The van der Waals surface area contributed by atoms with Gasteiger partial charge in [0.15, 0.2) is 6.29 Å². The lowest BCUT2D eigenvalue weighted by atomic mass is 10.0. The molecule has 1 amide bonds. The summed E-state index contributed by atoms with van der Waals surface area (Å²) in [5, 5.41) is 2.66. The molecule has 0 aliphatic heterocycles. The fourth-order valence-corrected chi connectivity index (χ4v) is 1.28. The third-order valence-electron chi connectivity index (χ3n) is 2.20. The van der Waals surface area contributed by atoms with E-state index in [9.17, 15) is 9.59 Å². The van der Waals surface area contributed by atoms with Crippen LogP contribution in [-0.4, -0.2) is 12.2 Å². The first-order chi connectivity index (χ1) is 6.56. The molecule has 0 atom stereocenters. The highest BCUT2D eigenvalue weighted by atomic mass is 16.1. The molecule has 0 spiro atoms. The van der Waals surface area contributed by atoms with Crippen LogP contribution in [0, 0.1) is 13.8 Å². The Kier molecular flexibility index (Phi) is 3.02. The zero-order chi connectivity index (χ0) is 10.7. The maximum absolute atomic E-state index is 10.9. The predicted molar refractivity (Wildman–Crippen MR) is 55.6 cm³/mol. The van der Waals surface area contributed by atoms with Gasteiger partial charge in [0.05, 0.1) is 5.69 Å².